The van der Waals surface area contributed by atoms with E-state index in [9.17, 15) is 19.7 Å². The summed E-state index contributed by atoms with van der Waals surface area (Å²) in [5, 5.41) is 14.0. The molecule has 0 saturated carbocycles. The lowest BCUT2D eigenvalue weighted by Gasteiger charge is -2.20. The number of benzene rings is 1. The number of hydrogen-bond donors (Lipinski definition) is 1. The van der Waals surface area contributed by atoms with E-state index in [-0.39, 0.29) is 11.6 Å². The van der Waals surface area contributed by atoms with Crippen LogP contribution in [0.2, 0.25) is 0 Å². The number of rotatable bonds is 6. The summed E-state index contributed by atoms with van der Waals surface area (Å²) in [5.74, 6) is -0.219. The quantitative estimate of drug-likeness (QED) is 0.322. The number of carbonyl (C=O) groups excluding carboxylic acids is 2. The van der Waals surface area contributed by atoms with Gasteiger partial charge in [-0.25, -0.2) is 4.79 Å². The normalized spacial score (nSPS) is 15.7. The van der Waals surface area contributed by atoms with E-state index in [1.54, 1.807) is 18.2 Å². The highest BCUT2D eigenvalue weighted by Gasteiger charge is 2.29. The molecule has 0 radical (unpaired) electrons. The fraction of sp³-hybridized carbons (Fsp3) is 0.333. The summed E-state index contributed by atoms with van der Waals surface area (Å²) in [4.78, 5) is 36.1. The first kappa shape index (κ1) is 20.7. The van der Waals surface area contributed by atoms with Crippen LogP contribution >= 0.6 is 11.3 Å². The highest BCUT2D eigenvalue weighted by Crippen LogP contribution is 2.40. The minimum absolute atomic E-state index is 0.0103. The number of amides is 1. The number of ether oxygens (including phenoxy) is 1. The zero-order valence-electron chi connectivity index (χ0n) is 16.3. The Balaban J connectivity index is 1.78. The average molecular weight is 414 g/mol. The monoisotopic (exact) mass is 414 g/mol. The molecule has 2 aromatic rings. The van der Waals surface area contributed by atoms with Crippen LogP contribution in [0.1, 0.15) is 46.1 Å². The first-order valence-corrected chi connectivity index (χ1v) is 10.2. The number of non-ortho nitro benzene ring substituents is 1. The van der Waals surface area contributed by atoms with Gasteiger partial charge in [-0.1, -0.05) is 13.3 Å². The Bertz CT molecular complexity index is 962. The van der Waals surface area contributed by atoms with Gasteiger partial charge in [0, 0.05) is 23.1 Å². The van der Waals surface area contributed by atoms with Crippen molar-refractivity contribution in [2.45, 2.75) is 32.6 Å². The lowest BCUT2D eigenvalue weighted by Crippen LogP contribution is -2.15. The number of nitro groups is 1. The fourth-order valence-corrected chi connectivity index (χ4v) is 4.79. The molecule has 29 heavy (non-hydrogen) atoms. The molecule has 0 spiro atoms. The fourth-order valence-electron chi connectivity index (χ4n) is 3.44. The van der Waals surface area contributed by atoms with Gasteiger partial charge in [0.1, 0.15) is 5.00 Å². The van der Waals surface area contributed by atoms with E-state index in [1.165, 1.54) is 36.7 Å². The number of fused-ring (bicyclic) bond motifs is 1. The summed E-state index contributed by atoms with van der Waals surface area (Å²) < 4.78 is 4.94. The number of nitro benzene ring substituents is 1. The van der Waals surface area contributed by atoms with Crippen molar-refractivity contribution in [2.24, 2.45) is 5.92 Å². The van der Waals surface area contributed by atoms with Crippen LogP contribution in [0.15, 0.2) is 30.3 Å². The SMILES string of the molecule is CCC1CCc2c(sc(NC(=O)/C=C/c3ccc([N+](=O)[O-])cc3)c2C(=O)OC)C1. The van der Waals surface area contributed by atoms with Crippen molar-refractivity contribution in [3.8, 4) is 0 Å². The third kappa shape index (κ3) is 4.71. The van der Waals surface area contributed by atoms with Gasteiger partial charge in [-0.2, -0.15) is 0 Å². The van der Waals surface area contributed by atoms with Crippen molar-refractivity contribution in [3.63, 3.8) is 0 Å². The Morgan fingerprint density at radius 3 is 2.69 bits per heavy atom. The van der Waals surface area contributed by atoms with Crippen LogP contribution in [-0.4, -0.2) is 23.9 Å². The molecule has 1 aliphatic carbocycles. The van der Waals surface area contributed by atoms with Crippen molar-refractivity contribution >= 4 is 40.0 Å². The van der Waals surface area contributed by atoms with E-state index in [0.29, 0.717) is 22.0 Å². The zero-order chi connectivity index (χ0) is 21.0. The summed E-state index contributed by atoms with van der Waals surface area (Å²) >= 11 is 1.44. The molecule has 1 aliphatic rings. The number of carbonyl (C=O) groups is 2. The molecule has 0 aliphatic heterocycles. The van der Waals surface area contributed by atoms with Gasteiger partial charge < -0.3 is 10.1 Å². The number of methoxy groups -OCH3 is 1. The maximum Gasteiger partial charge on any atom is 0.341 e. The molecule has 1 aromatic heterocycles. The van der Waals surface area contributed by atoms with Crippen LogP contribution in [0.5, 0.6) is 0 Å². The van der Waals surface area contributed by atoms with Crippen molar-refractivity contribution in [1.29, 1.82) is 0 Å². The molecular weight excluding hydrogens is 392 g/mol. The molecule has 152 valence electrons. The minimum atomic E-state index is -0.476. The predicted molar refractivity (Wildman–Crippen MR) is 112 cm³/mol. The molecule has 1 N–H and O–H groups in total. The number of anilines is 1. The van der Waals surface area contributed by atoms with Gasteiger partial charge in [0.15, 0.2) is 0 Å². The Morgan fingerprint density at radius 1 is 1.34 bits per heavy atom. The Morgan fingerprint density at radius 2 is 2.07 bits per heavy atom. The van der Waals surface area contributed by atoms with Crippen molar-refractivity contribution in [1.82, 2.24) is 0 Å². The summed E-state index contributed by atoms with van der Waals surface area (Å²) in [5.41, 5.74) is 2.10. The van der Waals surface area contributed by atoms with Gasteiger partial charge in [0.25, 0.3) is 5.69 Å². The molecular formula is C21H22N2O5S. The van der Waals surface area contributed by atoms with E-state index in [4.69, 9.17) is 4.74 Å². The summed E-state index contributed by atoms with van der Waals surface area (Å²) in [7, 11) is 1.34. The smallest absolute Gasteiger partial charge is 0.341 e. The van der Waals surface area contributed by atoms with Gasteiger partial charge in [-0.15, -0.1) is 11.3 Å². The molecule has 0 saturated heterocycles. The first-order valence-electron chi connectivity index (χ1n) is 9.39. The zero-order valence-corrected chi connectivity index (χ0v) is 17.1. The molecule has 8 heteroatoms. The topological polar surface area (TPSA) is 98.5 Å². The molecule has 1 amide bonds. The molecule has 7 nitrogen and oxygen atoms in total. The Labute approximate surface area is 172 Å². The van der Waals surface area contributed by atoms with Crippen molar-refractivity contribution in [2.75, 3.05) is 12.4 Å². The minimum Gasteiger partial charge on any atom is -0.465 e. The van der Waals surface area contributed by atoms with Crippen molar-refractivity contribution < 1.29 is 19.2 Å². The van der Waals surface area contributed by atoms with E-state index in [2.05, 4.69) is 12.2 Å². The largest absolute Gasteiger partial charge is 0.465 e. The van der Waals surface area contributed by atoms with Gasteiger partial charge in [-0.3, -0.25) is 14.9 Å². The molecule has 3 rings (SSSR count). The molecule has 0 bridgehead atoms. The van der Waals surface area contributed by atoms with E-state index < -0.39 is 10.9 Å². The lowest BCUT2D eigenvalue weighted by molar-refractivity contribution is -0.384. The average Bonchev–Trinajstić information content (AvgIpc) is 3.08. The van der Waals surface area contributed by atoms with Crippen LogP contribution in [0, 0.1) is 16.0 Å². The van der Waals surface area contributed by atoms with Gasteiger partial charge >= 0.3 is 5.97 Å². The number of esters is 1. The maximum atomic E-state index is 12.4. The number of nitrogens with one attached hydrogen (secondary N) is 1. The van der Waals surface area contributed by atoms with Crippen LogP contribution < -0.4 is 5.32 Å². The summed E-state index contributed by atoms with van der Waals surface area (Å²) in [6.07, 6.45) is 6.74. The van der Waals surface area contributed by atoms with Crippen molar-refractivity contribution in [3.05, 3.63) is 62.0 Å². The van der Waals surface area contributed by atoms with Gasteiger partial charge in [0.2, 0.25) is 5.91 Å². The summed E-state index contributed by atoms with van der Waals surface area (Å²) in [6, 6.07) is 5.89. The van der Waals surface area contributed by atoms with E-state index >= 15 is 0 Å². The lowest BCUT2D eigenvalue weighted by atomic mass is 9.86. The Kier molecular flexibility index (Phi) is 6.43. The Hall–Kier alpha value is -3.00. The van der Waals surface area contributed by atoms with Gasteiger partial charge in [0.05, 0.1) is 17.6 Å². The maximum absolute atomic E-state index is 12.4. The number of nitrogens with zero attached hydrogens (tertiary/aromatic N) is 1. The summed E-state index contributed by atoms with van der Waals surface area (Å²) in [6.45, 7) is 2.16. The van der Waals surface area contributed by atoms with E-state index in [1.807, 2.05) is 0 Å². The molecule has 1 aromatic carbocycles. The highest BCUT2D eigenvalue weighted by molar-refractivity contribution is 7.17. The second kappa shape index (κ2) is 9.00. The highest BCUT2D eigenvalue weighted by atomic mass is 32.1. The first-order chi connectivity index (χ1) is 13.9. The molecule has 1 atom stereocenters. The van der Waals surface area contributed by atoms with Crippen LogP contribution in [0.4, 0.5) is 10.7 Å². The molecule has 0 fully saturated rings. The van der Waals surface area contributed by atoms with Gasteiger partial charge in [-0.05, 0) is 54.5 Å². The second-order valence-electron chi connectivity index (χ2n) is 6.89. The molecule has 1 heterocycles. The third-order valence-corrected chi connectivity index (χ3v) is 6.27. The number of hydrogen-bond acceptors (Lipinski definition) is 6. The van der Waals surface area contributed by atoms with Crippen LogP contribution in [-0.2, 0) is 22.4 Å². The number of thiophene rings is 1. The van der Waals surface area contributed by atoms with E-state index in [0.717, 1.165) is 36.1 Å². The third-order valence-electron chi connectivity index (χ3n) is 5.10. The second-order valence-corrected chi connectivity index (χ2v) is 7.99. The standard InChI is InChI=1S/C21H22N2O5S/c1-3-13-6-10-16-17(12-13)29-20(19(16)21(25)28-2)22-18(24)11-7-14-4-8-15(9-5-14)23(26)27/h4-5,7-9,11,13H,3,6,10,12H2,1-2H3,(H,22,24)/b11-7+. The van der Waals surface area contributed by atoms with Crippen LogP contribution in [0.3, 0.4) is 0 Å². The molecule has 1 unspecified atom stereocenters. The predicted octanol–water partition coefficient (Wildman–Crippen LogP) is 4.61. The van der Waals surface area contributed by atoms with Crippen LogP contribution in [0.25, 0.3) is 6.08 Å².